The third kappa shape index (κ3) is 10.5. The largest absolute Gasteiger partial charge is 0.457 e. The first-order valence-electron chi connectivity index (χ1n) is 16.7. The molecule has 0 saturated carbocycles. The van der Waals surface area contributed by atoms with Crippen molar-refractivity contribution in [3.63, 3.8) is 0 Å². The Morgan fingerprint density at radius 2 is 0.849 bits per heavy atom. The molecular weight excluding hydrogens is 706 g/mol. The number of ether oxygens (including phenoxy) is 3. The van der Waals surface area contributed by atoms with Crippen LogP contribution in [0.2, 0.25) is 0 Å². The SMILES string of the molecule is CC(C)[C@@H](NC(=O)OC(C)(C)C)C(=O)C1C(=O)c2ccc(Oc3ccc4c(c3)C(=O)C(C(=O)[C@H](NC(=O)OC(C)(C)C)C(C)C)C4=O)cc2C1=O.[Na].[Na]. The van der Waals surface area contributed by atoms with Crippen LogP contribution in [0.25, 0.3) is 0 Å². The van der Waals surface area contributed by atoms with Gasteiger partial charge in [0.2, 0.25) is 0 Å². The zero-order chi connectivity index (χ0) is 38.3. The maximum absolute atomic E-state index is 13.5. The predicted molar refractivity (Wildman–Crippen MR) is 195 cm³/mol. The minimum Gasteiger partial charge on any atom is -0.457 e. The molecule has 15 heteroatoms. The second-order valence-electron chi connectivity index (χ2n) is 15.4. The quantitative estimate of drug-likeness (QED) is 0.247. The Hall–Kier alpha value is -3.20. The summed E-state index contributed by atoms with van der Waals surface area (Å²) in [5, 5.41) is 4.98. The number of carbonyl (C=O) groups excluding carboxylic acids is 8. The summed E-state index contributed by atoms with van der Waals surface area (Å²) in [6, 6.07) is 5.79. The van der Waals surface area contributed by atoms with Crippen molar-refractivity contribution in [3.8, 4) is 11.5 Å². The first-order valence-corrected chi connectivity index (χ1v) is 16.7. The van der Waals surface area contributed by atoms with Crippen LogP contribution in [0.15, 0.2) is 36.4 Å². The van der Waals surface area contributed by atoms with Gasteiger partial charge in [-0.25, -0.2) is 9.59 Å². The average Bonchev–Trinajstić information content (AvgIpc) is 3.39. The van der Waals surface area contributed by atoms with Crippen LogP contribution in [0.1, 0.15) is 111 Å². The Morgan fingerprint density at radius 3 is 1.13 bits per heavy atom. The molecule has 2 aromatic rings. The standard InChI is InChI=1S/C38H44N2O11.2Na/c1-17(2)27(39-35(47)50-37(5,6)7)33(45)25-29(41)21-13-11-19(15-23(21)31(25)43)49-20-12-14-22-24(16-20)32(44)26(30(22)42)34(46)28(18(3)4)40-36(48)51-38(8,9)10;;/h11-18,25-28H,1-10H3,(H,39,47)(H,40,48);;/t25?,26?,27-,28-;;/m1../s1. The van der Waals surface area contributed by atoms with Crippen molar-refractivity contribution in [1.82, 2.24) is 10.6 Å². The van der Waals surface area contributed by atoms with Crippen molar-refractivity contribution in [3.05, 3.63) is 58.7 Å². The Morgan fingerprint density at radius 1 is 0.547 bits per heavy atom. The summed E-state index contributed by atoms with van der Waals surface area (Å²) in [5.74, 6) is -8.52. The number of hydrogen-bond acceptors (Lipinski definition) is 11. The maximum atomic E-state index is 13.5. The molecule has 2 amide bonds. The van der Waals surface area contributed by atoms with Gasteiger partial charge in [0.1, 0.15) is 34.5 Å². The molecule has 2 N–H and O–H groups in total. The fourth-order valence-corrected chi connectivity index (χ4v) is 5.89. The maximum Gasteiger partial charge on any atom is 0.408 e. The minimum absolute atomic E-state index is 0. The van der Waals surface area contributed by atoms with Crippen molar-refractivity contribution in [2.75, 3.05) is 0 Å². The molecule has 4 rings (SSSR count). The molecule has 13 nitrogen and oxygen atoms in total. The Labute approximate surface area is 353 Å². The van der Waals surface area contributed by atoms with Crippen LogP contribution in [0.3, 0.4) is 0 Å². The van der Waals surface area contributed by atoms with E-state index < -0.39 is 93.8 Å². The van der Waals surface area contributed by atoms with E-state index in [0.29, 0.717) is 0 Å². The number of alkyl carbamates (subject to hydrolysis) is 2. The summed E-state index contributed by atoms with van der Waals surface area (Å²) in [6.45, 7) is 16.6. The molecule has 53 heavy (non-hydrogen) atoms. The Kier molecular flexibility index (Phi) is 15.2. The van der Waals surface area contributed by atoms with Crippen LogP contribution in [-0.4, -0.2) is 129 Å². The molecule has 274 valence electrons. The van der Waals surface area contributed by atoms with Gasteiger partial charge in [0.05, 0.1) is 12.1 Å². The summed E-state index contributed by atoms with van der Waals surface area (Å²) in [4.78, 5) is 105. The van der Waals surface area contributed by atoms with Crippen LogP contribution < -0.4 is 15.4 Å². The molecule has 4 atom stereocenters. The molecule has 0 spiro atoms. The minimum atomic E-state index is -1.67. The van der Waals surface area contributed by atoms with Crippen LogP contribution in [-0.2, 0) is 19.1 Å². The van der Waals surface area contributed by atoms with Gasteiger partial charge in [-0.05, 0) is 89.8 Å². The monoisotopic (exact) mass is 750 g/mol. The molecular formula is C38H44N2Na2O11. The van der Waals surface area contributed by atoms with Gasteiger partial charge >= 0.3 is 12.2 Å². The Bertz CT molecular complexity index is 1710. The van der Waals surface area contributed by atoms with Crippen molar-refractivity contribution in [2.24, 2.45) is 23.7 Å². The number of fused-ring (bicyclic) bond motifs is 2. The van der Waals surface area contributed by atoms with Crippen molar-refractivity contribution in [2.45, 2.75) is 92.5 Å². The average molecular weight is 751 g/mol. The second-order valence-corrected chi connectivity index (χ2v) is 15.4. The number of benzene rings is 2. The van der Waals surface area contributed by atoms with E-state index in [1.165, 1.54) is 36.4 Å². The van der Waals surface area contributed by atoms with E-state index >= 15 is 0 Å². The van der Waals surface area contributed by atoms with E-state index in [-0.39, 0.29) is 92.9 Å². The molecule has 2 aliphatic rings. The fourth-order valence-electron chi connectivity index (χ4n) is 5.89. The van der Waals surface area contributed by atoms with Crippen molar-refractivity contribution >= 4 is 106 Å². The summed E-state index contributed by atoms with van der Waals surface area (Å²) >= 11 is 0. The van der Waals surface area contributed by atoms with Gasteiger partial charge in [-0.15, -0.1) is 0 Å². The van der Waals surface area contributed by atoms with Gasteiger partial charge in [-0.1, -0.05) is 27.7 Å². The molecule has 0 aliphatic heterocycles. The van der Waals surface area contributed by atoms with Crippen molar-refractivity contribution < 1.29 is 52.6 Å². The number of hydrogen-bond donors (Lipinski definition) is 2. The van der Waals surface area contributed by atoms with Crippen LogP contribution in [0, 0.1) is 23.7 Å². The van der Waals surface area contributed by atoms with E-state index in [1.807, 2.05) is 0 Å². The second kappa shape index (κ2) is 17.5. The number of nitrogens with one attached hydrogen (secondary N) is 2. The molecule has 0 bridgehead atoms. The van der Waals surface area contributed by atoms with E-state index in [4.69, 9.17) is 14.2 Å². The number of amides is 2. The molecule has 0 fully saturated rings. The number of Topliss-reactive ketones (excluding diaryl/α,β-unsaturated/α-hetero) is 6. The fraction of sp³-hybridized carbons (Fsp3) is 0.474. The predicted octanol–water partition coefficient (Wildman–Crippen LogP) is 4.94. The Balaban J connectivity index is 0.00000486. The molecule has 2 aliphatic carbocycles. The summed E-state index contributed by atoms with van der Waals surface area (Å²) in [5.41, 5.74) is -1.74. The van der Waals surface area contributed by atoms with Gasteiger partial charge in [0, 0.05) is 81.4 Å². The molecule has 0 heterocycles. The molecule has 0 aromatic heterocycles. The van der Waals surface area contributed by atoms with Crippen LogP contribution >= 0.6 is 0 Å². The third-order valence-corrected chi connectivity index (χ3v) is 8.19. The first kappa shape index (κ1) is 46.0. The van der Waals surface area contributed by atoms with E-state index in [9.17, 15) is 38.4 Å². The van der Waals surface area contributed by atoms with Crippen molar-refractivity contribution in [1.29, 1.82) is 0 Å². The zero-order valence-corrected chi connectivity index (χ0v) is 36.4. The third-order valence-electron chi connectivity index (χ3n) is 8.19. The zero-order valence-electron chi connectivity index (χ0n) is 32.4. The number of carbonyl (C=O) groups is 8. The summed E-state index contributed by atoms with van der Waals surface area (Å²) in [7, 11) is 0. The normalized spacial score (nSPS) is 17.6. The van der Waals surface area contributed by atoms with E-state index in [1.54, 1.807) is 69.2 Å². The number of rotatable bonds is 10. The van der Waals surface area contributed by atoms with Gasteiger partial charge < -0.3 is 24.8 Å². The summed E-state index contributed by atoms with van der Waals surface area (Å²) in [6.07, 6.45) is -1.72. The summed E-state index contributed by atoms with van der Waals surface area (Å²) < 4.78 is 16.4. The van der Waals surface area contributed by atoms with Crippen LogP contribution in [0.4, 0.5) is 9.59 Å². The molecule has 0 saturated heterocycles. The van der Waals surface area contributed by atoms with E-state index in [2.05, 4.69) is 10.6 Å². The van der Waals surface area contributed by atoms with Gasteiger partial charge in [-0.3, -0.25) is 28.8 Å². The number of ketones is 6. The smallest absolute Gasteiger partial charge is 0.408 e. The first-order chi connectivity index (χ1) is 23.5. The van der Waals surface area contributed by atoms with Gasteiger partial charge in [0.25, 0.3) is 0 Å². The topological polar surface area (TPSA) is 188 Å². The molecule has 2 unspecified atom stereocenters. The van der Waals surface area contributed by atoms with E-state index in [0.717, 1.165) is 0 Å². The molecule has 2 aromatic carbocycles. The van der Waals surface area contributed by atoms with Gasteiger partial charge in [0.15, 0.2) is 34.7 Å². The van der Waals surface area contributed by atoms with Crippen LogP contribution in [0.5, 0.6) is 11.5 Å². The van der Waals surface area contributed by atoms with Gasteiger partial charge in [-0.2, -0.15) is 0 Å². The molecule has 2 radical (unpaired) electrons.